The molecule has 0 aliphatic rings. The number of aliphatic carboxylic acids is 1. The van der Waals surface area contributed by atoms with Gasteiger partial charge in [0.25, 0.3) is 0 Å². The highest BCUT2D eigenvalue weighted by Gasteiger charge is 2.28. The first kappa shape index (κ1) is 42.9. The van der Waals surface area contributed by atoms with Gasteiger partial charge in [0.2, 0.25) is 0 Å². The van der Waals surface area contributed by atoms with Gasteiger partial charge in [-0.05, 0) is 57.8 Å². The molecule has 0 amide bonds. The molecule has 0 aliphatic carbocycles. The van der Waals surface area contributed by atoms with Crippen molar-refractivity contribution in [1.29, 1.82) is 0 Å². The summed E-state index contributed by atoms with van der Waals surface area (Å²) in [6, 6.07) is -1.53. The van der Waals surface area contributed by atoms with Crippen LogP contribution in [-0.4, -0.2) is 59.9 Å². The number of phosphoric ester groups is 1. The fourth-order valence-electron chi connectivity index (χ4n) is 3.52. The largest absolute Gasteiger partial charge is 0.480 e. The lowest BCUT2D eigenvalue weighted by atomic mass is 10.1. The van der Waals surface area contributed by atoms with Crippen molar-refractivity contribution in [3.05, 3.63) is 72.9 Å². The van der Waals surface area contributed by atoms with Crippen LogP contribution in [0.15, 0.2) is 72.9 Å². The Morgan fingerprint density at radius 2 is 1.26 bits per heavy atom. The first-order valence-electron chi connectivity index (χ1n) is 16.0. The van der Waals surface area contributed by atoms with E-state index in [1.165, 1.54) is 0 Å². The molecule has 0 radical (unpaired) electrons. The van der Waals surface area contributed by atoms with E-state index in [0.29, 0.717) is 12.8 Å². The molecule has 4 N–H and O–H groups in total. The number of hydrogen-bond donors (Lipinski definition) is 3. The Hall–Kier alpha value is -3.08. The van der Waals surface area contributed by atoms with Gasteiger partial charge < -0.3 is 25.2 Å². The Kier molecular flexibility index (Phi) is 27.4. The van der Waals surface area contributed by atoms with E-state index < -0.39 is 51.1 Å². The van der Waals surface area contributed by atoms with Crippen LogP contribution in [0.25, 0.3) is 0 Å². The van der Waals surface area contributed by atoms with Crippen molar-refractivity contribution in [2.24, 2.45) is 5.73 Å². The summed E-state index contributed by atoms with van der Waals surface area (Å²) in [4.78, 5) is 45.4. The van der Waals surface area contributed by atoms with Crippen molar-refractivity contribution in [1.82, 2.24) is 0 Å². The van der Waals surface area contributed by atoms with Crippen LogP contribution in [0.3, 0.4) is 0 Å². The molecule has 0 saturated carbocycles. The number of carbonyl (C=O) groups excluding carboxylic acids is 2. The maximum atomic E-state index is 12.5. The lowest BCUT2D eigenvalue weighted by molar-refractivity contribution is -0.161. The zero-order valence-corrected chi connectivity index (χ0v) is 28.3. The zero-order valence-electron chi connectivity index (χ0n) is 27.4. The monoisotopic (exact) mass is 667 g/mol. The molecule has 0 saturated heterocycles. The van der Waals surface area contributed by atoms with Crippen LogP contribution in [-0.2, 0) is 37.5 Å². The van der Waals surface area contributed by atoms with Crippen molar-refractivity contribution < 1.29 is 47.5 Å². The smallest absolute Gasteiger partial charge is 0.472 e. The Balaban J connectivity index is 4.68. The summed E-state index contributed by atoms with van der Waals surface area (Å²) in [6.07, 6.45) is 31.6. The molecule has 0 aromatic rings. The highest BCUT2D eigenvalue weighted by atomic mass is 31.2. The highest BCUT2D eigenvalue weighted by molar-refractivity contribution is 7.47. The van der Waals surface area contributed by atoms with Gasteiger partial charge in [0, 0.05) is 12.8 Å². The lowest BCUT2D eigenvalue weighted by Crippen LogP contribution is -2.34. The molecule has 260 valence electrons. The Morgan fingerprint density at radius 1 is 0.696 bits per heavy atom. The van der Waals surface area contributed by atoms with Crippen LogP contribution >= 0.6 is 7.82 Å². The summed E-state index contributed by atoms with van der Waals surface area (Å²) in [5.74, 6) is -2.50. The van der Waals surface area contributed by atoms with Crippen molar-refractivity contribution in [2.45, 2.75) is 103 Å². The number of carboxylic acids is 1. The second-order valence-corrected chi connectivity index (χ2v) is 11.7. The number of allylic oxidation sites excluding steroid dienone is 12. The number of unbranched alkanes of at least 4 members (excludes halogenated alkanes) is 5. The topological polar surface area (TPSA) is 172 Å². The van der Waals surface area contributed by atoms with E-state index in [-0.39, 0.29) is 19.4 Å². The minimum Gasteiger partial charge on any atom is -0.480 e. The van der Waals surface area contributed by atoms with Crippen LogP contribution in [0.5, 0.6) is 0 Å². The number of hydrogen-bond acceptors (Lipinski definition) is 9. The van der Waals surface area contributed by atoms with Gasteiger partial charge in [-0.3, -0.25) is 23.4 Å². The molecule has 0 fully saturated rings. The minimum atomic E-state index is -4.72. The Morgan fingerprint density at radius 3 is 1.96 bits per heavy atom. The summed E-state index contributed by atoms with van der Waals surface area (Å²) >= 11 is 0. The van der Waals surface area contributed by atoms with Gasteiger partial charge in [0.15, 0.2) is 6.10 Å². The second-order valence-electron chi connectivity index (χ2n) is 10.3. The molecule has 12 heteroatoms. The molecule has 3 atom stereocenters. The molecule has 46 heavy (non-hydrogen) atoms. The summed E-state index contributed by atoms with van der Waals surface area (Å²) in [6.45, 7) is 2.39. The van der Waals surface area contributed by atoms with Gasteiger partial charge in [-0.1, -0.05) is 93.2 Å². The number of phosphoric acid groups is 1. The SMILES string of the molecule is CC/C=C/C=C/C=C/C=C/CCCCCC(=O)OC(COC(=O)CCCC/C=C/C/C=C/CC)COP(=O)(O)OC[C@H](N)C(=O)O. The van der Waals surface area contributed by atoms with E-state index in [0.717, 1.165) is 51.4 Å². The number of carbonyl (C=O) groups is 3. The molecule has 0 aromatic carbocycles. The number of ether oxygens (including phenoxy) is 2. The molecule has 2 unspecified atom stereocenters. The third kappa shape index (κ3) is 28.4. The predicted octanol–water partition coefficient (Wildman–Crippen LogP) is 7.05. The normalized spacial score (nSPS) is 15.0. The molecule has 0 rings (SSSR count). The van der Waals surface area contributed by atoms with Gasteiger partial charge in [0.05, 0.1) is 13.2 Å². The number of carboxylic acid groups (broad SMARTS) is 1. The fraction of sp³-hybridized carbons (Fsp3) is 0.559. The van der Waals surface area contributed by atoms with Gasteiger partial charge >= 0.3 is 25.7 Å². The average Bonchev–Trinajstić information content (AvgIpc) is 3.02. The van der Waals surface area contributed by atoms with Crippen LogP contribution in [0.1, 0.15) is 90.9 Å². The highest BCUT2D eigenvalue weighted by Crippen LogP contribution is 2.43. The van der Waals surface area contributed by atoms with Crippen LogP contribution < -0.4 is 5.73 Å². The van der Waals surface area contributed by atoms with E-state index >= 15 is 0 Å². The fourth-order valence-corrected chi connectivity index (χ4v) is 4.30. The van der Waals surface area contributed by atoms with Crippen molar-refractivity contribution in [2.75, 3.05) is 19.8 Å². The predicted molar refractivity (Wildman–Crippen MR) is 180 cm³/mol. The van der Waals surface area contributed by atoms with Gasteiger partial charge in [-0.2, -0.15) is 0 Å². The minimum absolute atomic E-state index is 0.104. The molecule has 0 spiro atoms. The third-order valence-electron chi connectivity index (χ3n) is 6.04. The van der Waals surface area contributed by atoms with Gasteiger partial charge in [0.1, 0.15) is 12.6 Å². The van der Waals surface area contributed by atoms with E-state index in [4.69, 9.17) is 24.8 Å². The van der Waals surface area contributed by atoms with E-state index in [1.54, 1.807) is 0 Å². The molecule has 0 heterocycles. The number of esters is 2. The molecule has 0 bridgehead atoms. The quantitative estimate of drug-likeness (QED) is 0.0257. The molecule has 0 aliphatic heterocycles. The summed E-state index contributed by atoms with van der Waals surface area (Å²) in [5, 5.41) is 8.82. The van der Waals surface area contributed by atoms with Crippen molar-refractivity contribution in [3.8, 4) is 0 Å². The third-order valence-corrected chi connectivity index (χ3v) is 7.00. The van der Waals surface area contributed by atoms with Crippen LogP contribution in [0, 0.1) is 0 Å². The van der Waals surface area contributed by atoms with E-state index in [1.807, 2.05) is 42.5 Å². The molecule has 11 nitrogen and oxygen atoms in total. The maximum Gasteiger partial charge on any atom is 0.472 e. The van der Waals surface area contributed by atoms with Crippen molar-refractivity contribution in [3.63, 3.8) is 0 Å². The lowest BCUT2D eigenvalue weighted by Gasteiger charge is -2.20. The summed E-state index contributed by atoms with van der Waals surface area (Å²) < 4.78 is 32.3. The standard InChI is InChI=1S/C34H54NO10P/c1-3-5-7-9-11-13-14-15-16-18-20-22-24-26-33(37)45-30(28-43-46(40,41)44-29-31(35)34(38)39)27-42-32(36)25-23-21-19-17-12-10-8-6-4-2/h5-9,11-17,30-31H,3-4,10,18-29,35H2,1-2H3,(H,38,39)(H,40,41)/b7-5+,8-6+,11-9+,14-13+,16-15+,17-12+/t30?,31-/m0/s1. The molecular formula is C34H54NO10P. The maximum absolute atomic E-state index is 12.5. The average molecular weight is 668 g/mol. The molecular weight excluding hydrogens is 613 g/mol. The van der Waals surface area contributed by atoms with Crippen LogP contribution in [0.4, 0.5) is 0 Å². The Bertz CT molecular complexity index is 1060. The van der Waals surface area contributed by atoms with Gasteiger partial charge in [-0.15, -0.1) is 0 Å². The van der Waals surface area contributed by atoms with Crippen LogP contribution in [0.2, 0.25) is 0 Å². The van der Waals surface area contributed by atoms with Crippen molar-refractivity contribution >= 4 is 25.7 Å². The number of rotatable bonds is 28. The first-order valence-corrected chi connectivity index (χ1v) is 17.5. The zero-order chi connectivity index (χ0) is 34.3. The summed E-state index contributed by atoms with van der Waals surface area (Å²) in [7, 11) is -4.72. The second kappa shape index (κ2) is 29.3. The van der Waals surface area contributed by atoms with Gasteiger partial charge in [-0.25, -0.2) is 4.57 Å². The summed E-state index contributed by atoms with van der Waals surface area (Å²) in [5.41, 5.74) is 5.28. The first-order chi connectivity index (χ1) is 22.1. The Labute approximate surface area is 274 Å². The number of nitrogens with two attached hydrogens (primary N) is 1. The van der Waals surface area contributed by atoms with E-state index in [9.17, 15) is 23.8 Å². The van der Waals surface area contributed by atoms with E-state index in [2.05, 4.69) is 48.8 Å². The molecule has 0 aromatic heterocycles.